The fourth-order valence-electron chi connectivity index (χ4n) is 1.20. The zero-order valence-corrected chi connectivity index (χ0v) is 10.8. The first-order valence-corrected chi connectivity index (χ1v) is 6.50. The van der Waals surface area contributed by atoms with Crippen LogP contribution in [0.4, 0.5) is 13.2 Å². The van der Waals surface area contributed by atoms with Crippen molar-refractivity contribution in [3.63, 3.8) is 0 Å². The minimum atomic E-state index is -4.27. The molecule has 1 amide bonds. The second-order valence-electron chi connectivity index (χ2n) is 3.36. The van der Waals surface area contributed by atoms with Gasteiger partial charge in [-0.15, -0.1) is 11.6 Å². The zero-order valence-electron chi connectivity index (χ0n) is 9.21. The van der Waals surface area contributed by atoms with Gasteiger partial charge in [-0.25, -0.2) is 0 Å². The van der Waals surface area contributed by atoms with Crippen LogP contribution >= 0.6 is 23.4 Å². The summed E-state index contributed by atoms with van der Waals surface area (Å²) in [6.45, 7) is -0.0704. The summed E-state index contributed by atoms with van der Waals surface area (Å²) < 4.78 is 35.5. The molecular weight excluding hydrogens is 287 g/mol. The third kappa shape index (κ3) is 5.64. The van der Waals surface area contributed by atoms with Crippen LogP contribution in [0.3, 0.4) is 0 Å². The monoisotopic (exact) mass is 297 g/mol. The summed E-state index contributed by atoms with van der Waals surface area (Å²) in [6.07, 6.45) is 0. The highest BCUT2D eigenvalue weighted by atomic mass is 35.5. The highest BCUT2D eigenvalue weighted by Crippen LogP contribution is 2.29. The van der Waals surface area contributed by atoms with Crippen molar-refractivity contribution in [3.8, 4) is 0 Å². The lowest BCUT2D eigenvalue weighted by molar-refractivity contribution is -0.120. The van der Waals surface area contributed by atoms with Gasteiger partial charge < -0.3 is 5.32 Å². The molecule has 0 saturated heterocycles. The zero-order chi connectivity index (χ0) is 13.6. The number of halogens is 4. The number of alkyl halides is 4. The Kier molecular flexibility index (Phi) is 5.81. The Balaban J connectivity index is 2.33. The van der Waals surface area contributed by atoms with Gasteiger partial charge in [0.1, 0.15) is 5.38 Å². The van der Waals surface area contributed by atoms with Crippen molar-refractivity contribution in [2.75, 3.05) is 12.3 Å². The van der Waals surface area contributed by atoms with Gasteiger partial charge >= 0.3 is 5.51 Å². The Morgan fingerprint density at radius 1 is 1.33 bits per heavy atom. The predicted molar refractivity (Wildman–Crippen MR) is 66.6 cm³/mol. The molecule has 1 rings (SSSR count). The number of thioether (sulfide) groups is 1. The molecule has 1 unspecified atom stereocenters. The molecule has 2 nitrogen and oxygen atoms in total. The molecule has 1 atom stereocenters. The topological polar surface area (TPSA) is 29.1 Å². The molecule has 0 spiro atoms. The SMILES string of the molecule is O=C(NCCSC(F)(F)F)C(Cl)c1ccccc1. The van der Waals surface area contributed by atoms with Crippen molar-refractivity contribution in [1.29, 1.82) is 0 Å². The van der Waals surface area contributed by atoms with Crippen molar-refractivity contribution >= 4 is 29.3 Å². The van der Waals surface area contributed by atoms with E-state index >= 15 is 0 Å². The van der Waals surface area contributed by atoms with Crippen molar-refractivity contribution in [2.45, 2.75) is 10.9 Å². The van der Waals surface area contributed by atoms with Gasteiger partial charge in [-0.2, -0.15) is 13.2 Å². The summed E-state index contributed by atoms with van der Waals surface area (Å²) in [6, 6.07) is 8.61. The Morgan fingerprint density at radius 2 is 1.94 bits per heavy atom. The second kappa shape index (κ2) is 6.89. The van der Waals surface area contributed by atoms with Gasteiger partial charge in [0, 0.05) is 12.3 Å². The minimum Gasteiger partial charge on any atom is -0.354 e. The molecule has 0 aliphatic rings. The van der Waals surface area contributed by atoms with E-state index in [1.807, 2.05) is 0 Å². The number of hydrogen-bond donors (Lipinski definition) is 1. The van der Waals surface area contributed by atoms with Crippen molar-refractivity contribution in [2.24, 2.45) is 0 Å². The summed E-state index contributed by atoms with van der Waals surface area (Å²) >= 11 is 5.71. The molecule has 0 aromatic heterocycles. The fraction of sp³-hybridized carbons (Fsp3) is 0.364. The first-order valence-electron chi connectivity index (χ1n) is 5.07. The Bertz CT molecular complexity index is 386. The molecule has 100 valence electrons. The quantitative estimate of drug-likeness (QED) is 0.667. The highest BCUT2D eigenvalue weighted by molar-refractivity contribution is 8.00. The second-order valence-corrected chi connectivity index (χ2v) is 4.95. The molecule has 0 bridgehead atoms. The van der Waals surface area contributed by atoms with Gasteiger partial charge in [0.05, 0.1) is 0 Å². The molecule has 7 heteroatoms. The molecule has 0 aliphatic heterocycles. The average Bonchev–Trinajstić information content (AvgIpc) is 2.33. The fourth-order valence-corrected chi connectivity index (χ4v) is 1.86. The molecule has 0 radical (unpaired) electrons. The molecule has 0 fully saturated rings. The average molecular weight is 298 g/mol. The van der Waals surface area contributed by atoms with Gasteiger partial charge in [-0.3, -0.25) is 4.79 Å². The number of carbonyl (C=O) groups excluding carboxylic acids is 1. The standard InChI is InChI=1S/C11H11ClF3NOS/c12-9(8-4-2-1-3-5-8)10(17)16-6-7-18-11(13,14)15/h1-5,9H,6-7H2,(H,16,17). The molecule has 0 saturated carbocycles. The van der Waals surface area contributed by atoms with E-state index < -0.39 is 16.8 Å². The van der Waals surface area contributed by atoms with Gasteiger partial charge in [-0.1, -0.05) is 30.3 Å². The Labute approximate surface area is 112 Å². The first kappa shape index (κ1) is 15.2. The third-order valence-corrected chi connectivity index (χ3v) is 3.18. The van der Waals surface area contributed by atoms with Crippen LogP contribution in [0.2, 0.25) is 0 Å². The molecule has 0 aliphatic carbocycles. The number of carbonyl (C=O) groups is 1. The first-order chi connectivity index (χ1) is 8.40. The van der Waals surface area contributed by atoms with E-state index in [9.17, 15) is 18.0 Å². The molecular formula is C11H11ClF3NOS. The van der Waals surface area contributed by atoms with E-state index in [-0.39, 0.29) is 24.1 Å². The molecule has 18 heavy (non-hydrogen) atoms. The van der Waals surface area contributed by atoms with E-state index in [4.69, 9.17) is 11.6 Å². The van der Waals surface area contributed by atoms with Crippen LogP contribution in [-0.4, -0.2) is 23.7 Å². The van der Waals surface area contributed by atoms with Gasteiger partial charge in [0.2, 0.25) is 5.91 Å². The van der Waals surface area contributed by atoms with E-state index in [0.29, 0.717) is 5.56 Å². The third-order valence-electron chi connectivity index (χ3n) is 1.99. The maximum Gasteiger partial charge on any atom is 0.441 e. The molecule has 1 N–H and O–H groups in total. The number of rotatable bonds is 5. The van der Waals surface area contributed by atoms with Crippen LogP contribution in [0.1, 0.15) is 10.9 Å². The van der Waals surface area contributed by atoms with Crippen LogP contribution in [-0.2, 0) is 4.79 Å². The number of amides is 1. The summed E-state index contributed by atoms with van der Waals surface area (Å²) in [5.41, 5.74) is -3.66. The van der Waals surface area contributed by atoms with Crippen LogP contribution in [0.5, 0.6) is 0 Å². The lowest BCUT2D eigenvalue weighted by Gasteiger charge is -2.11. The predicted octanol–water partition coefficient (Wildman–Crippen LogP) is 3.34. The van der Waals surface area contributed by atoms with E-state index in [1.165, 1.54) is 0 Å². The Hall–Kier alpha value is -0.880. The molecule has 0 heterocycles. The van der Waals surface area contributed by atoms with E-state index in [1.54, 1.807) is 30.3 Å². The smallest absolute Gasteiger partial charge is 0.354 e. The summed E-state index contributed by atoms with van der Waals surface area (Å²) in [4.78, 5) is 11.5. The molecule has 1 aromatic carbocycles. The minimum absolute atomic E-state index is 0.0704. The maximum absolute atomic E-state index is 11.8. The summed E-state index contributed by atoms with van der Waals surface area (Å²) in [5, 5.41) is 1.47. The van der Waals surface area contributed by atoms with Crippen molar-refractivity contribution in [1.82, 2.24) is 5.32 Å². The normalized spacial score (nSPS) is 13.1. The maximum atomic E-state index is 11.8. The van der Waals surface area contributed by atoms with Crippen molar-refractivity contribution < 1.29 is 18.0 Å². The van der Waals surface area contributed by atoms with Gasteiger partial charge in [0.25, 0.3) is 0 Å². The molecule has 1 aromatic rings. The number of benzene rings is 1. The van der Waals surface area contributed by atoms with Crippen LogP contribution in [0, 0.1) is 0 Å². The van der Waals surface area contributed by atoms with Gasteiger partial charge in [-0.05, 0) is 17.3 Å². The van der Waals surface area contributed by atoms with Crippen LogP contribution < -0.4 is 5.32 Å². The largest absolute Gasteiger partial charge is 0.441 e. The highest BCUT2D eigenvalue weighted by Gasteiger charge is 2.27. The number of hydrogen-bond acceptors (Lipinski definition) is 2. The van der Waals surface area contributed by atoms with Crippen LogP contribution in [0.25, 0.3) is 0 Å². The van der Waals surface area contributed by atoms with E-state index in [0.717, 1.165) is 0 Å². The lowest BCUT2D eigenvalue weighted by atomic mass is 10.1. The van der Waals surface area contributed by atoms with Gasteiger partial charge in [0.15, 0.2) is 0 Å². The Morgan fingerprint density at radius 3 is 2.50 bits per heavy atom. The van der Waals surface area contributed by atoms with E-state index in [2.05, 4.69) is 5.32 Å². The lowest BCUT2D eigenvalue weighted by Crippen LogP contribution is -2.29. The number of nitrogens with one attached hydrogen (secondary N) is 1. The summed E-state index contributed by atoms with van der Waals surface area (Å²) in [7, 11) is 0. The van der Waals surface area contributed by atoms with Crippen LogP contribution in [0.15, 0.2) is 30.3 Å². The summed E-state index contributed by atoms with van der Waals surface area (Å²) in [5.74, 6) is -0.723. The van der Waals surface area contributed by atoms with Crippen molar-refractivity contribution in [3.05, 3.63) is 35.9 Å².